The van der Waals surface area contributed by atoms with Gasteiger partial charge in [0.25, 0.3) is 5.91 Å². The van der Waals surface area contributed by atoms with Crippen molar-refractivity contribution in [1.29, 1.82) is 0 Å². The number of esters is 1. The number of thiazole rings is 1. The van der Waals surface area contributed by atoms with Crippen LogP contribution in [0.1, 0.15) is 5.76 Å². The number of carbonyl (C=O) groups is 2. The van der Waals surface area contributed by atoms with Crippen molar-refractivity contribution in [3.8, 4) is 11.3 Å². The molecular weight excluding hydrogens is 420 g/mol. The molecule has 0 aliphatic rings. The summed E-state index contributed by atoms with van der Waals surface area (Å²) in [4.78, 5) is 27.8. The van der Waals surface area contributed by atoms with Crippen LogP contribution in [-0.2, 0) is 14.3 Å². The van der Waals surface area contributed by atoms with E-state index in [-0.39, 0.29) is 0 Å². The van der Waals surface area contributed by atoms with Gasteiger partial charge in [0.15, 0.2) is 11.7 Å². The zero-order chi connectivity index (χ0) is 18.4. The fourth-order valence-electron chi connectivity index (χ4n) is 1.99. The fraction of sp³-hybridized carbons (Fsp3) is 0.0556. The van der Waals surface area contributed by atoms with Crippen molar-refractivity contribution in [3.63, 3.8) is 0 Å². The Morgan fingerprint density at radius 3 is 2.96 bits per heavy atom. The lowest BCUT2D eigenvalue weighted by atomic mass is 10.2. The van der Waals surface area contributed by atoms with Crippen molar-refractivity contribution in [3.05, 3.63) is 64.4 Å². The van der Waals surface area contributed by atoms with E-state index >= 15 is 0 Å². The maximum atomic E-state index is 11.9. The number of carbonyl (C=O) groups excluding carboxylic acids is 2. The number of furan rings is 1. The summed E-state index contributed by atoms with van der Waals surface area (Å²) in [7, 11) is 0. The molecule has 0 aliphatic carbocycles. The van der Waals surface area contributed by atoms with Crippen molar-refractivity contribution >= 4 is 50.4 Å². The Bertz CT molecular complexity index is 934. The molecule has 3 aromatic rings. The summed E-state index contributed by atoms with van der Waals surface area (Å²) in [6.45, 7) is -0.396. The Morgan fingerprint density at radius 2 is 2.19 bits per heavy atom. The first-order chi connectivity index (χ1) is 12.6. The maximum absolute atomic E-state index is 11.9. The Hall–Kier alpha value is -2.71. The SMILES string of the molecule is O=C(COC(=O)/C=C/c1ccco1)Nc1nc(-c2cccc(Br)c2)cs1. The predicted octanol–water partition coefficient (Wildman–Crippen LogP) is 4.36. The van der Waals surface area contributed by atoms with E-state index < -0.39 is 18.5 Å². The lowest BCUT2D eigenvalue weighted by molar-refractivity contribution is -0.142. The molecule has 3 rings (SSSR count). The van der Waals surface area contributed by atoms with E-state index in [1.165, 1.54) is 29.8 Å². The van der Waals surface area contributed by atoms with Crippen molar-refractivity contribution in [2.75, 3.05) is 11.9 Å². The number of amides is 1. The molecule has 0 radical (unpaired) electrons. The van der Waals surface area contributed by atoms with Gasteiger partial charge in [-0.15, -0.1) is 11.3 Å². The van der Waals surface area contributed by atoms with Crippen LogP contribution in [0.3, 0.4) is 0 Å². The molecule has 26 heavy (non-hydrogen) atoms. The van der Waals surface area contributed by atoms with Crippen LogP contribution in [0.15, 0.2) is 63.0 Å². The highest BCUT2D eigenvalue weighted by molar-refractivity contribution is 9.10. The summed E-state index contributed by atoms with van der Waals surface area (Å²) in [5, 5.41) is 4.89. The predicted molar refractivity (Wildman–Crippen MR) is 103 cm³/mol. The minimum atomic E-state index is -0.634. The molecule has 0 bridgehead atoms. The summed E-state index contributed by atoms with van der Waals surface area (Å²) in [5.74, 6) is -0.570. The molecule has 0 atom stereocenters. The zero-order valence-corrected chi connectivity index (χ0v) is 15.7. The van der Waals surface area contributed by atoms with Crippen molar-refractivity contribution in [2.24, 2.45) is 0 Å². The van der Waals surface area contributed by atoms with Crippen LogP contribution in [0.25, 0.3) is 17.3 Å². The van der Waals surface area contributed by atoms with E-state index in [4.69, 9.17) is 9.15 Å². The van der Waals surface area contributed by atoms with E-state index in [0.29, 0.717) is 10.9 Å². The van der Waals surface area contributed by atoms with Gasteiger partial charge in [-0.1, -0.05) is 28.1 Å². The van der Waals surface area contributed by atoms with E-state index in [0.717, 1.165) is 15.7 Å². The second-order valence-corrected chi connectivity index (χ2v) is 6.83. The van der Waals surface area contributed by atoms with E-state index in [1.54, 1.807) is 12.1 Å². The summed E-state index contributed by atoms with van der Waals surface area (Å²) in [5.41, 5.74) is 1.69. The topological polar surface area (TPSA) is 81.4 Å². The van der Waals surface area contributed by atoms with Gasteiger partial charge in [0, 0.05) is 21.5 Å². The summed E-state index contributed by atoms with van der Waals surface area (Å²) in [6.07, 6.45) is 4.15. The van der Waals surface area contributed by atoms with Crippen molar-refractivity contribution < 1.29 is 18.7 Å². The van der Waals surface area contributed by atoms with Crippen LogP contribution in [0.4, 0.5) is 5.13 Å². The molecule has 0 fully saturated rings. The molecule has 0 saturated heterocycles. The number of hydrogen-bond acceptors (Lipinski definition) is 6. The van der Waals surface area contributed by atoms with Crippen LogP contribution in [0.5, 0.6) is 0 Å². The van der Waals surface area contributed by atoms with Crippen LogP contribution < -0.4 is 5.32 Å². The Labute approximate surface area is 161 Å². The first-order valence-electron chi connectivity index (χ1n) is 7.50. The number of ether oxygens (including phenoxy) is 1. The van der Waals surface area contributed by atoms with Crippen LogP contribution >= 0.6 is 27.3 Å². The minimum Gasteiger partial charge on any atom is -0.465 e. The quantitative estimate of drug-likeness (QED) is 0.462. The van der Waals surface area contributed by atoms with Gasteiger partial charge in [0.1, 0.15) is 5.76 Å². The third kappa shape index (κ3) is 5.14. The lowest BCUT2D eigenvalue weighted by Gasteiger charge is -2.02. The van der Waals surface area contributed by atoms with Gasteiger partial charge < -0.3 is 9.15 Å². The van der Waals surface area contributed by atoms with Gasteiger partial charge in [-0.2, -0.15) is 0 Å². The average Bonchev–Trinajstić information content (AvgIpc) is 3.30. The third-order valence-corrected chi connectivity index (χ3v) is 4.39. The number of aromatic nitrogens is 1. The Balaban J connectivity index is 1.50. The Morgan fingerprint density at radius 1 is 1.31 bits per heavy atom. The minimum absolute atomic E-state index is 0.396. The number of benzene rings is 1. The monoisotopic (exact) mass is 432 g/mol. The van der Waals surface area contributed by atoms with Crippen molar-refractivity contribution in [1.82, 2.24) is 4.98 Å². The summed E-state index contributed by atoms with van der Waals surface area (Å²) >= 11 is 4.71. The Kier molecular flexibility index (Phi) is 5.98. The van der Waals surface area contributed by atoms with Crippen LogP contribution in [-0.4, -0.2) is 23.5 Å². The lowest BCUT2D eigenvalue weighted by Crippen LogP contribution is -2.20. The second-order valence-electron chi connectivity index (χ2n) is 5.05. The number of anilines is 1. The van der Waals surface area contributed by atoms with Gasteiger partial charge in [0.2, 0.25) is 0 Å². The smallest absolute Gasteiger partial charge is 0.331 e. The molecule has 0 aliphatic heterocycles. The van der Waals surface area contributed by atoms with Crippen LogP contribution in [0.2, 0.25) is 0 Å². The second kappa shape index (κ2) is 8.59. The molecule has 0 spiro atoms. The molecule has 2 aromatic heterocycles. The maximum Gasteiger partial charge on any atom is 0.331 e. The molecule has 1 N–H and O–H groups in total. The molecule has 8 heteroatoms. The highest BCUT2D eigenvalue weighted by Gasteiger charge is 2.10. The normalized spacial score (nSPS) is 10.8. The molecule has 6 nitrogen and oxygen atoms in total. The van der Waals surface area contributed by atoms with E-state index in [2.05, 4.69) is 26.2 Å². The molecule has 1 amide bonds. The number of nitrogens with one attached hydrogen (secondary N) is 1. The van der Waals surface area contributed by atoms with Crippen LogP contribution in [0, 0.1) is 0 Å². The first-order valence-corrected chi connectivity index (χ1v) is 9.17. The molecular formula is C18H13BrN2O4S. The molecule has 0 saturated carbocycles. The largest absolute Gasteiger partial charge is 0.465 e. The van der Waals surface area contributed by atoms with Crippen molar-refractivity contribution in [2.45, 2.75) is 0 Å². The van der Waals surface area contributed by atoms with Gasteiger partial charge in [-0.25, -0.2) is 9.78 Å². The standard InChI is InChI=1S/C18H13BrN2O4S/c19-13-4-1-3-12(9-13)15-11-26-18(20-15)21-16(22)10-25-17(23)7-6-14-5-2-8-24-14/h1-9,11H,10H2,(H,20,21,22)/b7-6+. The number of hydrogen-bond donors (Lipinski definition) is 1. The van der Waals surface area contributed by atoms with Gasteiger partial charge in [-0.05, 0) is 30.3 Å². The highest BCUT2D eigenvalue weighted by Crippen LogP contribution is 2.26. The molecule has 0 unspecified atom stereocenters. The summed E-state index contributed by atoms with van der Waals surface area (Å²) < 4.78 is 10.9. The fourth-order valence-corrected chi connectivity index (χ4v) is 3.12. The number of rotatable bonds is 6. The van der Waals surface area contributed by atoms with Gasteiger partial charge in [0.05, 0.1) is 12.0 Å². The average molecular weight is 433 g/mol. The zero-order valence-electron chi connectivity index (χ0n) is 13.3. The van der Waals surface area contributed by atoms with E-state index in [9.17, 15) is 9.59 Å². The summed E-state index contributed by atoms with van der Waals surface area (Å²) in [6, 6.07) is 11.1. The van der Waals surface area contributed by atoms with E-state index in [1.807, 2.05) is 29.6 Å². The van der Waals surface area contributed by atoms with Gasteiger partial charge >= 0.3 is 5.97 Å². The number of halogens is 1. The highest BCUT2D eigenvalue weighted by atomic mass is 79.9. The number of nitrogens with zero attached hydrogens (tertiary/aromatic N) is 1. The first kappa shape index (κ1) is 18.1. The third-order valence-electron chi connectivity index (χ3n) is 3.14. The molecule has 1 aromatic carbocycles. The van der Waals surface area contributed by atoms with Gasteiger partial charge in [-0.3, -0.25) is 10.1 Å². The molecule has 2 heterocycles. The molecule has 132 valence electrons.